The third-order valence-corrected chi connectivity index (χ3v) is 12.9. The van der Waals surface area contributed by atoms with Crippen molar-refractivity contribution < 1.29 is 62.0 Å². The van der Waals surface area contributed by atoms with E-state index < -0.39 is 0 Å². The Morgan fingerprint density at radius 2 is 0.923 bits per heavy atom. The van der Waals surface area contributed by atoms with Crippen molar-refractivity contribution in [3.05, 3.63) is 83.9 Å². The van der Waals surface area contributed by atoms with Crippen molar-refractivity contribution in [2.45, 2.75) is 102 Å². The second kappa shape index (κ2) is 21.6. The number of halogens is 2. The third-order valence-electron chi connectivity index (χ3n) is 12.9. The molecule has 0 aliphatic carbocycles. The molecule has 2 unspecified atom stereocenters. The lowest BCUT2D eigenvalue weighted by Crippen LogP contribution is -3.00. The Bertz CT molecular complexity index is 1310. The molecule has 4 aliphatic heterocycles. The van der Waals surface area contributed by atoms with Gasteiger partial charge >= 0.3 is 11.9 Å². The van der Waals surface area contributed by atoms with Crippen LogP contribution < -0.4 is 34.0 Å². The molecule has 4 fully saturated rings. The number of hydrogen-bond donors (Lipinski definition) is 0. The Labute approximate surface area is 334 Å². The molecule has 0 saturated carbocycles. The molecular formula is C44H62Br2N2O4. The van der Waals surface area contributed by atoms with Gasteiger partial charge in [-0.3, -0.25) is 0 Å². The van der Waals surface area contributed by atoms with Crippen LogP contribution in [-0.4, -0.2) is 85.5 Å². The zero-order valence-corrected chi connectivity index (χ0v) is 34.4. The van der Waals surface area contributed by atoms with Crippen molar-refractivity contribution in [3.63, 3.8) is 0 Å². The Morgan fingerprint density at radius 3 is 1.33 bits per heavy atom. The number of quaternary nitrogens is 2. The normalized spacial score (nSPS) is 27.6. The van der Waals surface area contributed by atoms with Gasteiger partial charge in [-0.15, -0.1) is 0 Å². The van der Waals surface area contributed by atoms with Gasteiger partial charge in [0.05, 0.1) is 63.2 Å². The summed E-state index contributed by atoms with van der Waals surface area (Å²) in [6.07, 6.45) is 25.3. The zero-order valence-electron chi connectivity index (χ0n) is 31.2. The number of nitrogens with zero attached hydrogens (tertiary/aromatic N) is 2. The van der Waals surface area contributed by atoms with Gasteiger partial charge in [0.2, 0.25) is 0 Å². The molecule has 2 aromatic rings. The van der Waals surface area contributed by atoms with E-state index in [2.05, 4.69) is 0 Å². The maximum atomic E-state index is 12.4. The van der Waals surface area contributed by atoms with Crippen molar-refractivity contribution in [2.24, 2.45) is 11.8 Å². The molecule has 52 heavy (non-hydrogen) atoms. The molecule has 4 heterocycles. The molecule has 6 atom stereocenters. The zero-order chi connectivity index (χ0) is 34.5. The van der Waals surface area contributed by atoms with Gasteiger partial charge < -0.3 is 52.4 Å². The van der Waals surface area contributed by atoms with Crippen LogP contribution in [0, 0.1) is 11.8 Å². The van der Waals surface area contributed by atoms with E-state index in [-0.39, 0.29) is 45.9 Å². The fraction of sp³-hybridized carbons (Fsp3) is 0.591. The van der Waals surface area contributed by atoms with Crippen molar-refractivity contribution in [1.29, 1.82) is 0 Å². The number of benzene rings is 2. The van der Waals surface area contributed by atoms with E-state index in [0.717, 1.165) is 11.1 Å². The number of hydrogen-bond acceptors (Lipinski definition) is 4. The average Bonchev–Trinajstić information content (AvgIpc) is 3.91. The number of unbranched alkanes of at least 4 members (excludes halogenated alkanes) is 7. The highest BCUT2D eigenvalue weighted by Gasteiger charge is 2.52. The van der Waals surface area contributed by atoms with Crippen LogP contribution in [-0.2, 0) is 19.1 Å². The topological polar surface area (TPSA) is 52.6 Å². The van der Waals surface area contributed by atoms with Gasteiger partial charge in [-0.05, 0) is 49.0 Å². The number of ether oxygens (including phenoxy) is 2. The Kier molecular flexibility index (Phi) is 17.6. The van der Waals surface area contributed by atoms with Crippen molar-refractivity contribution in [3.8, 4) is 0 Å². The van der Waals surface area contributed by atoms with E-state index in [1.165, 1.54) is 138 Å². The Morgan fingerprint density at radius 1 is 0.538 bits per heavy atom. The molecule has 0 radical (unpaired) electrons. The second-order valence-electron chi connectivity index (χ2n) is 15.9. The molecule has 4 saturated heterocycles. The minimum Gasteiger partial charge on any atom is -1.00 e. The van der Waals surface area contributed by atoms with E-state index in [1.54, 1.807) is 12.2 Å². The number of esters is 2. The monoisotopic (exact) mass is 840 g/mol. The summed E-state index contributed by atoms with van der Waals surface area (Å²) in [6.45, 7) is 8.96. The third kappa shape index (κ3) is 11.6. The maximum Gasteiger partial charge on any atom is 0.330 e. The highest BCUT2D eigenvalue weighted by atomic mass is 79.9. The smallest absolute Gasteiger partial charge is 0.330 e. The minimum absolute atomic E-state index is 0. The predicted octanol–water partition coefficient (Wildman–Crippen LogP) is 2.63. The quantitative estimate of drug-likeness (QED) is 0.0947. The van der Waals surface area contributed by atoms with Crippen LogP contribution in [0.15, 0.2) is 72.8 Å². The number of carbonyl (C=O) groups is 2. The first-order valence-corrected chi connectivity index (χ1v) is 20.1. The second-order valence-corrected chi connectivity index (χ2v) is 15.9. The summed E-state index contributed by atoms with van der Waals surface area (Å²) in [5.74, 6) is 0.608. The largest absolute Gasteiger partial charge is 1.00 e. The molecule has 286 valence electrons. The van der Waals surface area contributed by atoms with Crippen molar-refractivity contribution in [1.82, 2.24) is 0 Å². The average molecular weight is 843 g/mol. The molecular weight excluding hydrogens is 780 g/mol. The lowest BCUT2D eigenvalue weighted by molar-refractivity contribution is -0.929. The number of rotatable bonds is 19. The van der Waals surface area contributed by atoms with Crippen LogP contribution in [0.1, 0.15) is 101 Å². The summed E-state index contributed by atoms with van der Waals surface area (Å²) in [5, 5.41) is 0. The van der Waals surface area contributed by atoms with Gasteiger partial charge in [-0.25, -0.2) is 9.59 Å². The highest BCUT2D eigenvalue weighted by molar-refractivity contribution is 5.87. The molecule has 2 aromatic carbocycles. The lowest BCUT2D eigenvalue weighted by atomic mass is 9.99. The number of carbonyl (C=O) groups excluding carboxylic acids is 2. The summed E-state index contributed by atoms with van der Waals surface area (Å²) in [7, 11) is 0. The first kappa shape index (κ1) is 42.5. The van der Waals surface area contributed by atoms with Crippen LogP contribution in [0.3, 0.4) is 0 Å². The van der Waals surface area contributed by atoms with E-state index in [0.29, 0.717) is 37.1 Å². The lowest BCUT2D eigenvalue weighted by Gasteiger charge is -2.36. The first-order chi connectivity index (χ1) is 24.6. The molecule has 0 aromatic heterocycles. The standard InChI is InChI=1S/C44H62N2O4.2BrH/c47-43(25-23-37-17-9-7-10-18-37)49-35-39-27-33-45(31-15-21-41(39)45)29-13-5-3-1-2-4-6-14-30-46-32-16-22-42(46)40(28-34-46)36-50-44(48)26-24-38-19-11-8-12-20-38;;/h7-12,17-20,23-26,39-42H,1-6,13-16,21-22,27-36H2;2*1H/q+2;;/p-2/b25-23+,26-24+;;/t39-,40-,41+,42+,45?,46?;;/m0../s1. The van der Waals surface area contributed by atoms with Gasteiger partial charge in [0, 0.05) is 50.7 Å². The van der Waals surface area contributed by atoms with Crippen LogP contribution in [0.5, 0.6) is 0 Å². The van der Waals surface area contributed by atoms with Gasteiger partial charge in [-0.1, -0.05) is 86.3 Å². The van der Waals surface area contributed by atoms with Gasteiger partial charge in [0.25, 0.3) is 0 Å². The highest BCUT2D eigenvalue weighted by Crippen LogP contribution is 2.42. The molecule has 0 N–H and O–H groups in total. The van der Waals surface area contributed by atoms with Crippen molar-refractivity contribution >= 4 is 24.1 Å². The SMILES string of the molecule is O=C(/C=C/c1ccccc1)OC[C@@H]1CC[N+]2(CCCCCCCCCC[N+]34CCC[C@@H]3[C@H](COC(=O)/C=C/c3ccccc3)CC4)CCC[C@H]12.[Br-].[Br-]. The van der Waals surface area contributed by atoms with Crippen LogP contribution >= 0.6 is 0 Å². The molecule has 6 rings (SSSR count). The first-order valence-electron chi connectivity index (χ1n) is 20.1. The van der Waals surface area contributed by atoms with E-state index >= 15 is 0 Å². The Hall–Kier alpha value is -2.26. The van der Waals surface area contributed by atoms with Crippen LogP contribution in [0.2, 0.25) is 0 Å². The molecule has 0 spiro atoms. The van der Waals surface area contributed by atoms with Gasteiger partial charge in [0.15, 0.2) is 0 Å². The Balaban J connectivity index is 0.00000302. The van der Waals surface area contributed by atoms with Gasteiger partial charge in [0.1, 0.15) is 13.2 Å². The molecule has 0 amide bonds. The van der Waals surface area contributed by atoms with E-state index in [4.69, 9.17) is 9.47 Å². The van der Waals surface area contributed by atoms with Crippen LogP contribution in [0.25, 0.3) is 12.2 Å². The number of fused-ring (bicyclic) bond motifs is 2. The molecule has 4 aliphatic rings. The molecule has 8 heteroatoms. The fourth-order valence-corrected chi connectivity index (χ4v) is 10.3. The predicted molar refractivity (Wildman–Crippen MR) is 202 cm³/mol. The van der Waals surface area contributed by atoms with Crippen molar-refractivity contribution in [2.75, 3.05) is 52.5 Å². The van der Waals surface area contributed by atoms with E-state index in [9.17, 15) is 9.59 Å². The van der Waals surface area contributed by atoms with Gasteiger partial charge in [-0.2, -0.15) is 0 Å². The summed E-state index contributed by atoms with van der Waals surface area (Å²) in [4.78, 5) is 24.8. The minimum atomic E-state index is -0.214. The maximum absolute atomic E-state index is 12.4. The van der Waals surface area contributed by atoms with Crippen LogP contribution in [0.4, 0.5) is 0 Å². The molecule has 0 bridgehead atoms. The molecule has 6 nitrogen and oxygen atoms in total. The fourth-order valence-electron chi connectivity index (χ4n) is 10.3. The summed E-state index contributed by atoms with van der Waals surface area (Å²) in [5.41, 5.74) is 2.05. The summed E-state index contributed by atoms with van der Waals surface area (Å²) >= 11 is 0. The van der Waals surface area contributed by atoms with E-state index in [1.807, 2.05) is 72.8 Å². The summed E-state index contributed by atoms with van der Waals surface area (Å²) < 4.78 is 14.0. The summed E-state index contributed by atoms with van der Waals surface area (Å²) in [6, 6.07) is 21.3.